The Kier molecular flexibility index (Phi) is 4.33. The van der Waals surface area contributed by atoms with Crippen LogP contribution < -0.4 is 15.6 Å². The second kappa shape index (κ2) is 6.57. The van der Waals surface area contributed by atoms with Gasteiger partial charge in [-0.2, -0.15) is 14.6 Å². The Balaban J connectivity index is 1.62. The van der Waals surface area contributed by atoms with E-state index in [0.29, 0.717) is 10.8 Å². The second-order valence-corrected chi connectivity index (χ2v) is 5.61. The molecule has 0 aliphatic rings. The normalized spacial score (nSPS) is 10.7. The molecule has 0 atom stereocenters. The fraction of sp³-hybridized carbons (Fsp3) is 0.200. The fourth-order valence-corrected chi connectivity index (χ4v) is 2.66. The minimum atomic E-state index is -0.360. The third kappa shape index (κ3) is 3.54. The Bertz CT molecular complexity index is 889. The largest absolute Gasteiger partial charge is 0.493 e. The third-order valence-electron chi connectivity index (χ3n) is 3.05. The number of hydrogen-bond donors (Lipinski definition) is 1. The Morgan fingerprint density at radius 1 is 1.35 bits per heavy atom. The average molecular weight is 330 g/mol. The van der Waals surface area contributed by atoms with Crippen molar-refractivity contribution >= 4 is 28.0 Å². The van der Waals surface area contributed by atoms with Crippen molar-refractivity contribution in [2.24, 2.45) is 0 Å². The molecule has 118 valence electrons. The highest BCUT2D eigenvalue weighted by Crippen LogP contribution is 2.17. The number of aromatic nitrogens is 3. The maximum absolute atomic E-state index is 12.0. The SMILES string of the molecule is Cc1nn2c(NC(=O)CCOc3ccccc3)csc2nc1=O. The first-order chi connectivity index (χ1) is 11.1. The van der Waals surface area contributed by atoms with Gasteiger partial charge >= 0.3 is 0 Å². The van der Waals surface area contributed by atoms with Crippen molar-refractivity contribution < 1.29 is 9.53 Å². The van der Waals surface area contributed by atoms with Crippen LogP contribution in [0.25, 0.3) is 4.96 Å². The van der Waals surface area contributed by atoms with Crippen LogP contribution in [0.5, 0.6) is 5.75 Å². The molecular formula is C15H14N4O3S. The molecule has 0 saturated carbocycles. The first-order valence-electron chi connectivity index (χ1n) is 6.96. The fourth-order valence-electron chi connectivity index (χ4n) is 1.91. The summed E-state index contributed by atoms with van der Waals surface area (Å²) in [4.78, 5) is 27.8. The number of anilines is 1. The number of benzene rings is 1. The molecule has 0 spiro atoms. The number of amides is 1. The van der Waals surface area contributed by atoms with Crippen LogP contribution in [0.15, 0.2) is 40.5 Å². The summed E-state index contributed by atoms with van der Waals surface area (Å²) < 4.78 is 6.94. The van der Waals surface area contributed by atoms with Gasteiger partial charge in [0.05, 0.1) is 13.0 Å². The quantitative estimate of drug-likeness (QED) is 0.772. The number of nitrogens with zero attached hydrogens (tertiary/aromatic N) is 3. The van der Waals surface area contributed by atoms with E-state index in [9.17, 15) is 9.59 Å². The predicted octanol–water partition coefficient (Wildman–Crippen LogP) is 1.87. The van der Waals surface area contributed by atoms with Crippen molar-refractivity contribution in [3.8, 4) is 5.75 Å². The summed E-state index contributed by atoms with van der Waals surface area (Å²) in [5.41, 5.74) is -0.0789. The van der Waals surface area contributed by atoms with Crippen molar-refractivity contribution in [3.63, 3.8) is 0 Å². The third-order valence-corrected chi connectivity index (χ3v) is 3.87. The lowest BCUT2D eigenvalue weighted by Gasteiger charge is -2.06. The van der Waals surface area contributed by atoms with Gasteiger partial charge in [0.1, 0.15) is 17.3 Å². The number of rotatable bonds is 5. The highest BCUT2D eigenvalue weighted by molar-refractivity contribution is 7.15. The molecule has 1 amide bonds. The molecule has 0 bridgehead atoms. The Morgan fingerprint density at radius 3 is 2.91 bits per heavy atom. The van der Waals surface area contributed by atoms with Crippen LogP contribution >= 0.6 is 11.3 Å². The van der Waals surface area contributed by atoms with Crippen LogP contribution in [0.3, 0.4) is 0 Å². The van der Waals surface area contributed by atoms with E-state index in [4.69, 9.17) is 4.74 Å². The average Bonchev–Trinajstić information content (AvgIpc) is 2.91. The molecule has 8 heteroatoms. The molecule has 1 N–H and O–H groups in total. The van der Waals surface area contributed by atoms with Gasteiger partial charge in [0.15, 0.2) is 0 Å². The van der Waals surface area contributed by atoms with Gasteiger partial charge in [-0.05, 0) is 19.1 Å². The van der Waals surface area contributed by atoms with Crippen molar-refractivity contribution in [2.45, 2.75) is 13.3 Å². The van der Waals surface area contributed by atoms with Crippen molar-refractivity contribution in [1.29, 1.82) is 0 Å². The van der Waals surface area contributed by atoms with Crippen molar-refractivity contribution in [2.75, 3.05) is 11.9 Å². The van der Waals surface area contributed by atoms with E-state index in [1.165, 1.54) is 15.9 Å². The Labute approximate surface area is 135 Å². The molecule has 23 heavy (non-hydrogen) atoms. The molecule has 3 aromatic rings. The lowest BCUT2D eigenvalue weighted by molar-refractivity contribution is -0.116. The van der Waals surface area contributed by atoms with E-state index >= 15 is 0 Å². The van der Waals surface area contributed by atoms with Crippen LogP contribution in [0.2, 0.25) is 0 Å². The van der Waals surface area contributed by atoms with Gasteiger partial charge in [-0.1, -0.05) is 18.2 Å². The highest BCUT2D eigenvalue weighted by Gasteiger charge is 2.10. The number of para-hydroxylation sites is 1. The van der Waals surface area contributed by atoms with E-state index in [0.717, 1.165) is 5.75 Å². The topological polar surface area (TPSA) is 85.6 Å². The molecule has 2 heterocycles. The van der Waals surface area contributed by atoms with Gasteiger partial charge in [-0.15, -0.1) is 11.3 Å². The van der Waals surface area contributed by atoms with Gasteiger partial charge in [-0.25, -0.2) is 0 Å². The van der Waals surface area contributed by atoms with Gasteiger partial charge in [0, 0.05) is 5.38 Å². The number of ether oxygens (including phenoxy) is 1. The first-order valence-corrected chi connectivity index (χ1v) is 7.84. The zero-order valence-electron chi connectivity index (χ0n) is 12.4. The first kappa shape index (κ1) is 15.2. The van der Waals surface area contributed by atoms with Crippen LogP contribution in [-0.4, -0.2) is 27.1 Å². The number of hydrogen-bond acceptors (Lipinski definition) is 6. The zero-order chi connectivity index (χ0) is 16.2. The minimum Gasteiger partial charge on any atom is -0.493 e. The summed E-state index contributed by atoms with van der Waals surface area (Å²) in [6.07, 6.45) is 0.207. The number of carbonyl (C=O) groups excluding carboxylic acids is 1. The van der Waals surface area contributed by atoms with E-state index in [1.54, 1.807) is 12.3 Å². The second-order valence-electron chi connectivity index (χ2n) is 4.78. The summed E-state index contributed by atoms with van der Waals surface area (Å²) in [5.74, 6) is 1.02. The summed E-state index contributed by atoms with van der Waals surface area (Å²) >= 11 is 1.24. The molecule has 0 saturated heterocycles. The number of aryl methyl sites for hydroxylation is 1. The summed E-state index contributed by atoms with van der Waals surface area (Å²) in [7, 11) is 0. The number of fused-ring (bicyclic) bond motifs is 1. The molecular weight excluding hydrogens is 316 g/mol. The Hall–Kier alpha value is -2.74. The summed E-state index contributed by atoms with van der Waals surface area (Å²) in [6.45, 7) is 1.86. The van der Waals surface area contributed by atoms with Crippen molar-refractivity contribution in [1.82, 2.24) is 14.6 Å². The molecule has 0 aliphatic carbocycles. The molecule has 0 unspecified atom stereocenters. The van der Waals surface area contributed by atoms with E-state index < -0.39 is 0 Å². The summed E-state index contributed by atoms with van der Waals surface area (Å²) in [5, 5.41) is 8.57. The maximum Gasteiger partial charge on any atom is 0.295 e. The van der Waals surface area contributed by atoms with Crippen LogP contribution in [0, 0.1) is 6.92 Å². The van der Waals surface area contributed by atoms with Gasteiger partial charge in [0.2, 0.25) is 10.9 Å². The number of thiazole rings is 1. The van der Waals surface area contributed by atoms with E-state index in [1.807, 2.05) is 30.3 Å². The van der Waals surface area contributed by atoms with Gasteiger partial charge in [0.25, 0.3) is 5.56 Å². The molecule has 0 fully saturated rings. The molecule has 1 aromatic carbocycles. The maximum atomic E-state index is 12.0. The van der Waals surface area contributed by atoms with Crippen LogP contribution in [-0.2, 0) is 4.79 Å². The standard InChI is InChI=1S/C15H14N4O3S/c1-10-14(21)17-15-19(18-10)12(9-23-15)16-13(20)7-8-22-11-5-3-2-4-6-11/h2-6,9H,7-8H2,1H3,(H,16,20). The van der Waals surface area contributed by atoms with Crippen molar-refractivity contribution in [3.05, 3.63) is 51.8 Å². The molecule has 3 rings (SSSR count). The van der Waals surface area contributed by atoms with E-state index in [2.05, 4.69) is 15.4 Å². The smallest absolute Gasteiger partial charge is 0.295 e. The Morgan fingerprint density at radius 2 is 2.13 bits per heavy atom. The minimum absolute atomic E-state index is 0.196. The summed E-state index contributed by atoms with van der Waals surface area (Å²) in [6, 6.07) is 9.30. The zero-order valence-corrected chi connectivity index (χ0v) is 13.2. The van der Waals surface area contributed by atoms with Gasteiger partial charge in [-0.3, -0.25) is 9.59 Å². The van der Waals surface area contributed by atoms with E-state index in [-0.39, 0.29) is 30.2 Å². The molecule has 2 aromatic heterocycles. The molecule has 0 aliphatic heterocycles. The highest BCUT2D eigenvalue weighted by atomic mass is 32.1. The van der Waals surface area contributed by atoms with Crippen LogP contribution in [0.4, 0.5) is 5.82 Å². The number of carbonyl (C=O) groups is 1. The lowest BCUT2D eigenvalue weighted by Crippen LogP contribution is -2.19. The predicted molar refractivity (Wildman–Crippen MR) is 87.1 cm³/mol. The number of nitrogens with one attached hydrogen (secondary N) is 1. The monoisotopic (exact) mass is 330 g/mol. The lowest BCUT2D eigenvalue weighted by atomic mass is 10.3. The molecule has 0 radical (unpaired) electrons. The molecule has 7 nitrogen and oxygen atoms in total. The van der Waals surface area contributed by atoms with Crippen LogP contribution in [0.1, 0.15) is 12.1 Å². The van der Waals surface area contributed by atoms with Gasteiger partial charge < -0.3 is 10.1 Å².